The summed E-state index contributed by atoms with van der Waals surface area (Å²) < 4.78 is 10.8. The van der Waals surface area contributed by atoms with E-state index < -0.39 is 0 Å². The molecule has 0 aromatic carbocycles. The second-order valence-electron chi connectivity index (χ2n) is 4.87. The fourth-order valence-electron chi connectivity index (χ4n) is 2.13. The Labute approximate surface area is 105 Å². The molecule has 17 heavy (non-hydrogen) atoms. The molecule has 0 bridgehead atoms. The van der Waals surface area contributed by atoms with Crippen molar-refractivity contribution in [3.8, 4) is 0 Å². The molecule has 1 unspecified atom stereocenters. The summed E-state index contributed by atoms with van der Waals surface area (Å²) in [6, 6.07) is 0.550. The van der Waals surface area contributed by atoms with Crippen LogP contribution in [-0.4, -0.2) is 62.2 Å². The first kappa shape index (κ1) is 14.9. The maximum Gasteiger partial charge on any atom is 0.0900 e. The van der Waals surface area contributed by atoms with Gasteiger partial charge in [-0.1, -0.05) is 13.3 Å². The standard InChI is InChI=1S/C13H27NO3/c1-3-4-7-17-11-13(15)10-14(2)12-5-8-16-9-6-12/h12-13,15H,3-11H2,1-2H3. The SMILES string of the molecule is CCCCOCC(O)CN(C)C1CCOCC1. The summed E-state index contributed by atoms with van der Waals surface area (Å²) in [5, 5.41) is 9.85. The number of likely N-dealkylation sites (N-methyl/N-ethyl adjacent to an activating group) is 1. The Kier molecular flexibility index (Phi) is 7.77. The van der Waals surface area contributed by atoms with E-state index in [2.05, 4.69) is 18.9 Å². The molecular formula is C13H27NO3. The lowest BCUT2D eigenvalue weighted by Gasteiger charge is -2.32. The van der Waals surface area contributed by atoms with E-state index in [9.17, 15) is 5.11 Å². The van der Waals surface area contributed by atoms with Crippen LogP contribution in [0.4, 0.5) is 0 Å². The van der Waals surface area contributed by atoms with Crippen LogP contribution in [0.25, 0.3) is 0 Å². The van der Waals surface area contributed by atoms with Gasteiger partial charge in [0, 0.05) is 32.4 Å². The van der Waals surface area contributed by atoms with Crippen LogP contribution in [-0.2, 0) is 9.47 Å². The molecule has 102 valence electrons. The van der Waals surface area contributed by atoms with Crippen molar-refractivity contribution >= 4 is 0 Å². The zero-order valence-electron chi connectivity index (χ0n) is 11.2. The minimum Gasteiger partial charge on any atom is -0.389 e. The first-order chi connectivity index (χ1) is 8.24. The van der Waals surface area contributed by atoms with Crippen LogP contribution in [0.1, 0.15) is 32.6 Å². The van der Waals surface area contributed by atoms with Crippen LogP contribution < -0.4 is 0 Å². The monoisotopic (exact) mass is 245 g/mol. The molecule has 0 radical (unpaired) electrons. The second kappa shape index (κ2) is 8.86. The van der Waals surface area contributed by atoms with E-state index in [0.29, 0.717) is 19.2 Å². The van der Waals surface area contributed by atoms with Gasteiger partial charge in [-0.2, -0.15) is 0 Å². The number of aliphatic hydroxyl groups excluding tert-OH is 1. The number of hydrogen-bond donors (Lipinski definition) is 1. The predicted octanol–water partition coefficient (Wildman–Crippen LogP) is 1.27. The third kappa shape index (κ3) is 6.36. The Morgan fingerprint density at radius 1 is 1.41 bits per heavy atom. The van der Waals surface area contributed by atoms with Crippen molar-refractivity contribution in [2.24, 2.45) is 0 Å². The molecule has 0 aliphatic carbocycles. The first-order valence-electron chi connectivity index (χ1n) is 6.77. The van der Waals surface area contributed by atoms with E-state index in [4.69, 9.17) is 9.47 Å². The molecule has 0 aromatic heterocycles. The van der Waals surface area contributed by atoms with E-state index >= 15 is 0 Å². The number of unbranched alkanes of at least 4 members (excludes halogenated alkanes) is 1. The normalized spacial score (nSPS) is 19.8. The summed E-state index contributed by atoms with van der Waals surface area (Å²) in [5.41, 5.74) is 0. The Hall–Kier alpha value is -0.160. The fraction of sp³-hybridized carbons (Fsp3) is 1.00. The molecule has 0 saturated carbocycles. The van der Waals surface area contributed by atoms with E-state index in [-0.39, 0.29) is 6.10 Å². The largest absolute Gasteiger partial charge is 0.389 e. The van der Waals surface area contributed by atoms with Crippen molar-refractivity contribution in [1.82, 2.24) is 4.90 Å². The molecule has 1 N–H and O–H groups in total. The van der Waals surface area contributed by atoms with Gasteiger partial charge in [-0.25, -0.2) is 0 Å². The highest BCUT2D eigenvalue weighted by molar-refractivity contribution is 4.74. The summed E-state index contributed by atoms with van der Waals surface area (Å²) in [4.78, 5) is 2.23. The van der Waals surface area contributed by atoms with Gasteiger partial charge in [0.15, 0.2) is 0 Å². The van der Waals surface area contributed by atoms with Crippen molar-refractivity contribution in [1.29, 1.82) is 0 Å². The summed E-state index contributed by atoms with van der Waals surface area (Å²) >= 11 is 0. The Bertz CT molecular complexity index is 184. The summed E-state index contributed by atoms with van der Waals surface area (Å²) in [6.45, 7) is 5.73. The van der Waals surface area contributed by atoms with Crippen LogP contribution >= 0.6 is 0 Å². The molecule has 1 atom stereocenters. The third-order valence-corrected chi connectivity index (χ3v) is 3.27. The van der Waals surface area contributed by atoms with Gasteiger partial charge >= 0.3 is 0 Å². The van der Waals surface area contributed by atoms with Crippen LogP contribution in [0.5, 0.6) is 0 Å². The average molecular weight is 245 g/mol. The van der Waals surface area contributed by atoms with E-state index in [1.54, 1.807) is 0 Å². The highest BCUT2D eigenvalue weighted by atomic mass is 16.5. The smallest absolute Gasteiger partial charge is 0.0900 e. The second-order valence-corrected chi connectivity index (χ2v) is 4.87. The summed E-state index contributed by atoms with van der Waals surface area (Å²) in [6.07, 6.45) is 3.97. The van der Waals surface area contributed by atoms with Crippen LogP contribution in [0.2, 0.25) is 0 Å². The van der Waals surface area contributed by atoms with Gasteiger partial charge in [0.2, 0.25) is 0 Å². The van der Waals surface area contributed by atoms with Crippen LogP contribution in [0.3, 0.4) is 0 Å². The van der Waals surface area contributed by atoms with Crippen molar-refractivity contribution in [3.63, 3.8) is 0 Å². The predicted molar refractivity (Wildman–Crippen MR) is 68.2 cm³/mol. The topological polar surface area (TPSA) is 41.9 Å². The van der Waals surface area contributed by atoms with Crippen LogP contribution in [0.15, 0.2) is 0 Å². The molecule has 1 fully saturated rings. The molecule has 4 nitrogen and oxygen atoms in total. The zero-order valence-corrected chi connectivity index (χ0v) is 11.2. The van der Waals surface area contributed by atoms with Crippen molar-refractivity contribution < 1.29 is 14.6 Å². The van der Waals surface area contributed by atoms with Gasteiger partial charge in [-0.3, -0.25) is 0 Å². The molecule has 0 spiro atoms. The highest BCUT2D eigenvalue weighted by Gasteiger charge is 2.20. The average Bonchev–Trinajstić information content (AvgIpc) is 2.36. The molecular weight excluding hydrogens is 218 g/mol. The van der Waals surface area contributed by atoms with Crippen molar-refractivity contribution in [2.75, 3.05) is 40.0 Å². The highest BCUT2D eigenvalue weighted by Crippen LogP contribution is 2.12. The third-order valence-electron chi connectivity index (χ3n) is 3.27. The quantitative estimate of drug-likeness (QED) is 0.654. The minimum atomic E-state index is -0.375. The minimum absolute atomic E-state index is 0.375. The fourth-order valence-corrected chi connectivity index (χ4v) is 2.13. The molecule has 1 aliphatic rings. The van der Waals surface area contributed by atoms with Crippen molar-refractivity contribution in [2.45, 2.75) is 44.8 Å². The van der Waals surface area contributed by atoms with Gasteiger partial charge in [-0.15, -0.1) is 0 Å². The molecule has 4 heteroatoms. The first-order valence-corrected chi connectivity index (χ1v) is 6.77. The van der Waals surface area contributed by atoms with Crippen molar-refractivity contribution in [3.05, 3.63) is 0 Å². The van der Waals surface area contributed by atoms with E-state index in [1.807, 2.05) is 0 Å². The number of rotatable bonds is 8. The Morgan fingerprint density at radius 3 is 2.76 bits per heavy atom. The molecule has 1 aliphatic heterocycles. The van der Waals surface area contributed by atoms with Gasteiger partial charge in [0.1, 0.15) is 0 Å². The van der Waals surface area contributed by atoms with Gasteiger partial charge in [0.25, 0.3) is 0 Å². The number of aliphatic hydroxyl groups is 1. The molecule has 0 amide bonds. The zero-order chi connectivity index (χ0) is 12.5. The maximum atomic E-state index is 9.85. The maximum absolute atomic E-state index is 9.85. The Balaban J connectivity index is 2.09. The lowest BCUT2D eigenvalue weighted by atomic mass is 10.1. The summed E-state index contributed by atoms with van der Waals surface area (Å²) in [7, 11) is 2.07. The molecule has 1 rings (SSSR count). The van der Waals surface area contributed by atoms with Crippen LogP contribution in [0, 0.1) is 0 Å². The Morgan fingerprint density at radius 2 is 2.12 bits per heavy atom. The molecule has 0 aromatic rings. The molecule has 1 heterocycles. The van der Waals surface area contributed by atoms with E-state index in [0.717, 1.165) is 45.5 Å². The number of hydrogen-bond acceptors (Lipinski definition) is 4. The number of ether oxygens (including phenoxy) is 2. The lowest BCUT2D eigenvalue weighted by Crippen LogP contribution is -2.42. The summed E-state index contributed by atoms with van der Waals surface area (Å²) in [5.74, 6) is 0. The number of nitrogens with zero attached hydrogens (tertiary/aromatic N) is 1. The van der Waals surface area contributed by atoms with Gasteiger partial charge in [-0.05, 0) is 26.3 Å². The van der Waals surface area contributed by atoms with E-state index in [1.165, 1.54) is 0 Å². The van der Waals surface area contributed by atoms with Gasteiger partial charge < -0.3 is 19.5 Å². The van der Waals surface area contributed by atoms with Gasteiger partial charge in [0.05, 0.1) is 12.7 Å². The molecule has 1 saturated heterocycles. The lowest BCUT2D eigenvalue weighted by molar-refractivity contribution is -0.00540.